The van der Waals surface area contributed by atoms with Gasteiger partial charge in [0.2, 0.25) is 0 Å². The van der Waals surface area contributed by atoms with E-state index in [0.717, 1.165) is 16.7 Å². The first-order valence-electron chi connectivity index (χ1n) is 9.31. The van der Waals surface area contributed by atoms with Gasteiger partial charge in [0.25, 0.3) is 5.91 Å². The lowest BCUT2D eigenvalue weighted by atomic mass is 10.0. The average molecular weight is 426 g/mol. The molecule has 29 heavy (non-hydrogen) atoms. The van der Waals surface area contributed by atoms with Crippen molar-refractivity contribution in [3.05, 3.63) is 76.7 Å². The Morgan fingerprint density at radius 3 is 2.62 bits per heavy atom. The molecule has 1 saturated heterocycles. The van der Waals surface area contributed by atoms with Gasteiger partial charge in [0.1, 0.15) is 10.9 Å². The van der Waals surface area contributed by atoms with E-state index in [1.54, 1.807) is 12.0 Å². The predicted octanol–water partition coefficient (Wildman–Crippen LogP) is 5.22. The highest BCUT2D eigenvalue weighted by molar-refractivity contribution is 8.26. The number of hydrogen-bond donors (Lipinski definition) is 0. The number of ether oxygens (including phenoxy) is 2. The van der Waals surface area contributed by atoms with Crippen molar-refractivity contribution in [1.29, 1.82) is 0 Å². The molecule has 1 aliphatic rings. The van der Waals surface area contributed by atoms with E-state index in [1.165, 1.54) is 11.8 Å². The van der Waals surface area contributed by atoms with Crippen LogP contribution in [0.25, 0.3) is 6.08 Å². The van der Waals surface area contributed by atoms with E-state index in [2.05, 4.69) is 6.58 Å². The first kappa shape index (κ1) is 21.1. The predicted molar refractivity (Wildman–Crippen MR) is 123 cm³/mol. The van der Waals surface area contributed by atoms with Crippen LogP contribution in [0.4, 0.5) is 0 Å². The molecule has 2 aromatic carbocycles. The number of nitrogens with zero attached hydrogens (tertiary/aromatic N) is 1. The van der Waals surface area contributed by atoms with Crippen molar-refractivity contribution in [3.8, 4) is 11.5 Å². The van der Waals surface area contributed by atoms with Crippen molar-refractivity contribution in [3.63, 3.8) is 0 Å². The average Bonchev–Trinajstić information content (AvgIpc) is 3.00. The molecule has 1 fully saturated rings. The van der Waals surface area contributed by atoms with E-state index in [9.17, 15) is 4.79 Å². The van der Waals surface area contributed by atoms with Gasteiger partial charge in [0.15, 0.2) is 11.5 Å². The normalized spacial score (nSPS) is 15.1. The second kappa shape index (κ2) is 9.76. The van der Waals surface area contributed by atoms with Crippen molar-refractivity contribution >= 4 is 40.3 Å². The zero-order valence-corrected chi connectivity index (χ0v) is 18.1. The third-order valence-electron chi connectivity index (χ3n) is 4.45. The molecule has 0 spiro atoms. The molecule has 2 aromatic rings. The smallest absolute Gasteiger partial charge is 0.266 e. The van der Waals surface area contributed by atoms with Crippen LogP contribution in [-0.4, -0.2) is 28.8 Å². The first-order valence-corrected chi connectivity index (χ1v) is 10.5. The summed E-state index contributed by atoms with van der Waals surface area (Å²) >= 11 is 6.62. The summed E-state index contributed by atoms with van der Waals surface area (Å²) in [5, 5.41) is 0. The van der Waals surface area contributed by atoms with Crippen molar-refractivity contribution in [2.24, 2.45) is 0 Å². The van der Waals surface area contributed by atoms with E-state index in [1.807, 2.05) is 61.5 Å². The van der Waals surface area contributed by atoms with E-state index >= 15 is 0 Å². The number of amides is 1. The molecule has 150 valence electrons. The van der Waals surface area contributed by atoms with Gasteiger partial charge in [-0.15, -0.1) is 6.58 Å². The van der Waals surface area contributed by atoms with Crippen LogP contribution < -0.4 is 9.47 Å². The van der Waals surface area contributed by atoms with Crippen molar-refractivity contribution in [2.75, 3.05) is 13.7 Å². The second-order valence-electron chi connectivity index (χ2n) is 6.40. The number of thioether (sulfide) groups is 1. The van der Waals surface area contributed by atoms with Gasteiger partial charge < -0.3 is 9.47 Å². The van der Waals surface area contributed by atoms with Gasteiger partial charge in [-0.1, -0.05) is 60.4 Å². The monoisotopic (exact) mass is 425 g/mol. The largest absolute Gasteiger partial charge is 0.493 e. The Morgan fingerprint density at radius 1 is 1.24 bits per heavy atom. The standard InChI is InChI=1S/C23H23NO3S2/c1-4-9-18-12-17(14-20-22(25)24(5-2)23(28)29-20)13-19(26-3)21(18)27-15-16-10-7-6-8-11-16/h4,6-8,10-14H,1,5,9,15H2,2-3H3/b20-14+. The van der Waals surface area contributed by atoms with Gasteiger partial charge in [-0.2, -0.15) is 0 Å². The zero-order valence-electron chi connectivity index (χ0n) is 16.5. The zero-order chi connectivity index (χ0) is 20.8. The second-order valence-corrected chi connectivity index (χ2v) is 8.08. The summed E-state index contributed by atoms with van der Waals surface area (Å²) in [5.74, 6) is 1.25. The minimum Gasteiger partial charge on any atom is -0.493 e. The van der Waals surface area contributed by atoms with Gasteiger partial charge >= 0.3 is 0 Å². The van der Waals surface area contributed by atoms with Gasteiger partial charge in [0, 0.05) is 12.1 Å². The molecular formula is C23H23NO3S2. The third-order valence-corrected chi connectivity index (χ3v) is 5.83. The number of allylic oxidation sites excluding steroid dienone is 1. The van der Waals surface area contributed by atoms with E-state index < -0.39 is 0 Å². The highest BCUT2D eigenvalue weighted by Gasteiger charge is 2.30. The molecule has 0 aromatic heterocycles. The molecule has 0 atom stereocenters. The molecule has 0 bridgehead atoms. The number of rotatable bonds is 8. The number of carbonyl (C=O) groups excluding carboxylic acids is 1. The van der Waals surface area contributed by atoms with Gasteiger partial charge in [-0.05, 0) is 42.7 Å². The van der Waals surface area contributed by atoms with Gasteiger partial charge in [0.05, 0.1) is 12.0 Å². The quantitative estimate of drug-likeness (QED) is 0.329. The van der Waals surface area contributed by atoms with Crippen LogP contribution in [0.3, 0.4) is 0 Å². The Hall–Kier alpha value is -2.57. The summed E-state index contributed by atoms with van der Waals surface area (Å²) in [4.78, 5) is 14.7. The summed E-state index contributed by atoms with van der Waals surface area (Å²) in [7, 11) is 1.61. The van der Waals surface area contributed by atoms with Crippen LogP contribution in [-0.2, 0) is 17.8 Å². The van der Waals surface area contributed by atoms with Gasteiger partial charge in [-0.3, -0.25) is 9.69 Å². The molecule has 6 heteroatoms. The summed E-state index contributed by atoms with van der Waals surface area (Å²) < 4.78 is 12.3. The Balaban J connectivity index is 1.93. The Labute approximate surface area is 181 Å². The van der Waals surface area contributed by atoms with Crippen LogP contribution in [0.1, 0.15) is 23.6 Å². The Kier molecular flexibility index (Phi) is 7.12. The van der Waals surface area contributed by atoms with Crippen molar-refractivity contribution < 1.29 is 14.3 Å². The molecule has 0 aliphatic carbocycles. The van der Waals surface area contributed by atoms with Crippen molar-refractivity contribution in [1.82, 2.24) is 4.90 Å². The number of likely N-dealkylation sites (N-methyl/N-ethyl adjacent to an activating group) is 1. The topological polar surface area (TPSA) is 38.8 Å². The molecule has 0 N–H and O–H groups in total. The lowest BCUT2D eigenvalue weighted by molar-refractivity contribution is -0.121. The summed E-state index contributed by atoms with van der Waals surface area (Å²) in [6, 6.07) is 13.9. The van der Waals surface area contributed by atoms with E-state index in [-0.39, 0.29) is 5.91 Å². The fraction of sp³-hybridized carbons (Fsp3) is 0.217. The molecule has 0 saturated carbocycles. The summed E-state index contributed by atoms with van der Waals surface area (Å²) in [6.45, 7) is 6.78. The van der Waals surface area contributed by atoms with E-state index in [0.29, 0.717) is 40.3 Å². The lowest BCUT2D eigenvalue weighted by Gasteiger charge is -2.16. The Morgan fingerprint density at radius 2 is 2.00 bits per heavy atom. The molecule has 0 radical (unpaired) electrons. The fourth-order valence-electron chi connectivity index (χ4n) is 3.04. The highest BCUT2D eigenvalue weighted by atomic mass is 32.2. The molecular weight excluding hydrogens is 402 g/mol. The maximum Gasteiger partial charge on any atom is 0.266 e. The van der Waals surface area contributed by atoms with Gasteiger partial charge in [-0.25, -0.2) is 0 Å². The maximum atomic E-state index is 12.5. The van der Waals surface area contributed by atoms with Crippen LogP contribution in [0, 0.1) is 0 Å². The number of hydrogen-bond acceptors (Lipinski definition) is 5. The summed E-state index contributed by atoms with van der Waals surface area (Å²) in [5.41, 5.74) is 2.89. The SMILES string of the molecule is C=CCc1cc(/C=C2/SC(=S)N(CC)C2=O)cc(OC)c1OCc1ccccc1. The molecule has 3 rings (SSSR count). The maximum absolute atomic E-state index is 12.5. The molecule has 4 nitrogen and oxygen atoms in total. The highest BCUT2D eigenvalue weighted by Crippen LogP contribution is 2.37. The molecule has 0 unspecified atom stereocenters. The fourth-order valence-corrected chi connectivity index (χ4v) is 4.43. The Bertz CT molecular complexity index is 954. The minimum absolute atomic E-state index is 0.0591. The number of benzene rings is 2. The number of methoxy groups -OCH3 is 1. The molecule has 1 amide bonds. The lowest BCUT2D eigenvalue weighted by Crippen LogP contribution is -2.27. The van der Waals surface area contributed by atoms with Crippen molar-refractivity contribution in [2.45, 2.75) is 20.0 Å². The first-order chi connectivity index (χ1) is 14.1. The van der Waals surface area contributed by atoms with Crippen LogP contribution in [0.5, 0.6) is 11.5 Å². The third kappa shape index (κ3) is 4.89. The number of carbonyl (C=O) groups is 1. The van der Waals surface area contributed by atoms with Crippen LogP contribution >= 0.6 is 24.0 Å². The summed E-state index contributed by atoms with van der Waals surface area (Å²) in [6.07, 6.45) is 4.30. The molecule has 1 heterocycles. The van der Waals surface area contributed by atoms with Crippen LogP contribution in [0.2, 0.25) is 0 Å². The van der Waals surface area contributed by atoms with Crippen LogP contribution in [0.15, 0.2) is 60.0 Å². The number of thiocarbonyl (C=S) groups is 1. The van der Waals surface area contributed by atoms with E-state index in [4.69, 9.17) is 21.7 Å². The minimum atomic E-state index is -0.0591. The molecule has 1 aliphatic heterocycles.